The number of aromatic hydroxyl groups is 2. The molecule has 0 saturated heterocycles. The van der Waals surface area contributed by atoms with E-state index in [1.165, 1.54) is 12.1 Å². The van der Waals surface area contributed by atoms with Gasteiger partial charge in [0.05, 0.1) is 5.71 Å². The van der Waals surface area contributed by atoms with Gasteiger partial charge in [0.25, 0.3) is 5.91 Å². The first-order valence-electron chi connectivity index (χ1n) is 10.1. The number of phenols is 2. The first kappa shape index (κ1) is 22.6. The van der Waals surface area contributed by atoms with Crippen molar-refractivity contribution in [1.29, 1.82) is 0 Å². The molecule has 0 aliphatic carbocycles. The fourth-order valence-corrected chi connectivity index (χ4v) is 3.03. The summed E-state index contributed by atoms with van der Waals surface area (Å²) in [6.45, 7) is 3.71. The van der Waals surface area contributed by atoms with Gasteiger partial charge in [0.1, 0.15) is 0 Å². The maximum atomic E-state index is 12.4. The van der Waals surface area contributed by atoms with Gasteiger partial charge in [-0.15, -0.1) is 0 Å². The molecule has 0 unspecified atom stereocenters. The van der Waals surface area contributed by atoms with E-state index in [0.29, 0.717) is 23.4 Å². The SMILES string of the molecule is C/C(=N/NC(=O)CCc1ccc(O)c(O)c1)c1ccc(NC(=O)c2cccc(C)c2)cc1. The van der Waals surface area contributed by atoms with Crippen LogP contribution in [0.4, 0.5) is 5.69 Å². The van der Waals surface area contributed by atoms with Gasteiger partial charge in [0.2, 0.25) is 5.91 Å². The van der Waals surface area contributed by atoms with Crippen molar-refractivity contribution in [2.45, 2.75) is 26.7 Å². The van der Waals surface area contributed by atoms with Crippen LogP contribution in [0.1, 0.15) is 40.4 Å². The van der Waals surface area contributed by atoms with Crippen molar-refractivity contribution in [2.75, 3.05) is 5.32 Å². The van der Waals surface area contributed by atoms with Crippen molar-refractivity contribution in [2.24, 2.45) is 5.10 Å². The molecule has 0 radical (unpaired) electrons. The van der Waals surface area contributed by atoms with E-state index in [9.17, 15) is 19.8 Å². The van der Waals surface area contributed by atoms with E-state index in [-0.39, 0.29) is 29.7 Å². The molecule has 7 heteroatoms. The second-order valence-corrected chi connectivity index (χ2v) is 7.46. The Kier molecular flexibility index (Phi) is 7.23. The lowest BCUT2D eigenvalue weighted by Crippen LogP contribution is -2.19. The molecule has 0 spiro atoms. The molecule has 3 aromatic carbocycles. The first-order valence-corrected chi connectivity index (χ1v) is 10.1. The molecule has 32 heavy (non-hydrogen) atoms. The number of carbonyl (C=O) groups is 2. The van der Waals surface area contributed by atoms with Crippen LogP contribution in [-0.4, -0.2) is 27.7 Å². The maximum Gasteiger partial charge on any atom is 0.255 e. The fourth-order valence-electron chi connectivity index (χ4n) is 3.03. The van der Waals surface area contributed by atoms with Crippen LogP contribution in [0.25, 0.3) is 0 Å². The van der Waals surface area contributed by atoms with Gasteiger partial charge >= 0.3 is 0 Å². The van der Waals surface area contributed by atoms with Crippen LogP contribution in [-0.2, 0) is 11.2 Å². The van der Waals surface area contributed by atoms with E-state index in [1.807, 2.05) is 37.3 Å². The van der Waals surface area contributed by atoms with Crippen molar-refractivity contribution in [1.82, 2.24) is 5.43 Å². The molecule has 4 N–H and O–H groups in total. The summed E-state index contributed by atoms with van der Waals surface area (Å²) in [4.78, 5) is 24.4. The quantitative estimate of drug-likeness (QED) is 0.256. The number of hydrogen-bond donors (Lipinski definition) is 4. The Morgan fingerprint density at radius 2 is 1.66 bits per heavy atom. The summed E-state index contributed by atoms with van der Waals surface area (Å²) in [7, 11) is 0. The Balaban J connectivity index is 1.52. The number of nitrogens with zero attached hydrogens (tertiary/aromatic N) is 1. The summed E-state index contributed by atoms with van der Waals surface area (Å²) in [5.41, 5.74) is 6.96. The first-order chi connectivity index (χ1) is 15.3. The number of amides is 2. The highest BCUT2D eigenvalue weighted by Gasteiger charge is 2.08. The molecule has 0 aliphatic heterocycles. The maximum absolute atomic E-state index is 12.4. The third-order valence-electron chi connectivity index (χ3n) is 4.87. The highest BCUT2D eigenvalue weighted by molar-refractivity contribution is 6.05. The molecule has 0 atom stereocenters. The highest BCUT2D eigenvalue weighted by Crippen LogP contribution is 2.25. The van der Waals surface area contributed by atoms with Crippen LogP contribution in [0.3, 0.4) is 0 Å². The zero-order chi connectivity index (χ0) is 23.1. The summed E-state index contributed by atoms with van der Waals surface area (Å²) in [6, 6.07) is 19.0. The van der Waals surface area contributed by atoms with Gasteiger partial charge < -0.3 is 15.5 Å². The van der Waals surface area contributed by atoms with E-state index >= 15 is 0 Å². The molecular weight excluding hydrogens is 406 g/mol. The lowest BCUT2D eigenvalue weighted by molar-refractivity contribution is -0.121. The van der Waals surface area contributed by atoms with Crippen molar-refractivity contribution >= 4 is 23.2 Å². The number of phenolic OH excluding ortho intramolecular Hbond substituents is 2. The van der Waals surface area contributed by atoms with Crippen molar-refractivity contribution in [3.63, 3.8) is 0 Å². The topological polar surface area (TPSA) is 111 Å². The van der Waals surface area contributed by atoms with Crippen LogP contribution in [0.15, 0.2) is 71.8 Å². The average Bonchev–Trinajstić information content (AvgIpc) is 2.78. The largest absolute Gasteiger partial charge is 0.504 e. The van der Waals surface area contributed by atoms with Gasteiger partial charge in [-0.25, -0.2) is 5.43 Å². The average molecular weight is 431 g/mol. The Morgan fingerprint density at radius 1 is 0.906 bits per heavy atom. The Morgan fingerprint density at radius 3 is 2.34 bits per heavy atom. The number of nitrogens with one attached hydrogen (secondary N) is 2. The third-order valence-corrected chi connectivity index (χ3v) is 4.87. The fraction of sp³-hybridized carbons (Fsp3) is 0.160. The van der Waals surface area contributed by atoms with Crippen molar-refractivity contribution in [3.8, 4) is 11.5 Å². The van der Waals surface area contributed by atoms with E-state index < -0.39 is 0 Å². The summed E-state index contributed by atoms with van der Waals surface area (Å²) in [5.74, 6) is -0.852. The zero-order valence-electron chi connectivity index (χ0n) is 17.9. The number of carbonyl (C=O) groups excluding carboxylic acids is 2. The minimum atomic E-state index is -0.265. The van der Waals surface area contributed by atoms with Crippen LogP contribution in [0.2, 0.25) is 0 Å². The second-order valence-electron chi connectivity index (χ2n) is 7.46. The van der Waals surface area contributed by atoms with Crippen LogP contribution >= 0.6 is 0 Å². The van der Waals surface area contributed by atoms with E-state index in [0.717, 1.165) is 16.7 Å². The lowest BCUT2D eigenvalue weighted by Gasteiger charge is -2.08. The van der Waals surface area contributed by atoms with E-state index in [4.69, 9.17) is 0 Å². The molecule has 0 aliphatic rings. The standard InChI is InChI=1S/C25H25N3O4/c1-16-4-3-5-20(14-16)25(32)26-21-10-8-19(9-11-21)17(2)27-28-24(31)13-7-18-6-12-22(29)23(30)15-18/h3-6,8-12,14-15,29-30H,7,13H2,1-2H3,(H,26,32)(H,28,31)/b27-17-. The van der Waals surface area contributed by atoms with Gasteiger partial charge in [-0.3, -0.25) is 9.59 Å². The molecule has 7 nitrogen and oxygen atoms in total. The predicted octanol–water partition coefficient (Wildman–Crippen LogP) is 4.13. The number of hydrogen-bond acceptors (Lipinski definition) is 5. The Labute approximate surface area is 186 Å². The highest BCUT2D eigenvalue weighted by atomic mass is 16.3. The summed E-state index contributed by atoms with van der Waals surface area (Å²) in [6.07, 6.45) is 0.592. The smallest absolute Gasteiger partial charge is 0.255 e. The summed E-state index contributed by atoms with van der Waals surface area (Å²) >= 11 is 0. The molecule has 3 aromatic rings. The van der Waals surface area contributed by atoms with Gasteiger partial charge in [0.15, 0.2) is 11.5 Å². The normalized spacial score (nSPS) is 11.1. The number of benzene rings is 3. The van der Waals surface area contributed by atoms with Crippen LogP contribution < -0.4 is 10.7 Å². The van der Waals surface area contributed by atoms with Crippen molar-refractivity contribution < 1.29 is 19.8 Å². The molecule has 0 saturated carbocycles. The molecule has 164 valence electrons. The van der Waals surface area contributed by atoms with Gasteiger partial charge in [0, 0.05) is 17.7 Å². The monoisotopic (exact) mass is 431 g/mol. The van der Waals surface area contributed by atoms with Crippen LogP contribution in [0, 0.1) is 6.92 Å². The van der Waals surface area contributed by atoms with Crippen LogP contribution in [0.5, 0.6) is 11.5 Å². The molecule has 0 fully saturated rings. The Hall–Kier alpha value is -4.13. The minimum Gasteiger partial charge on any atom is -0.504 e. The van der Waals surface area contributed by atoms with E-state index in [2.05, 4.69) is 15.8 Å². The molecule has 2 amide bonds. The predicted molar refractivity (Wildman–Crippen MR) is 124 cm³/mol. The number of rotatable bonds is 7. The molecular formula is C25H25N3O4. The molecule has 3 rings (SSSR count). The minimum absolute atomic E-state index is 0.180. The van der Waals surface area contributed by atoms with Crippen molar-refractivity contribution in [3.05, 3.63) is 89.0 Å². The lowest BCUT2D eigenvalue weighted by atomic mass is 10.1. The zero-order valence-corrected chi connectivity index (χ0v) is 17.9. The third kappa shape index (κ3) is 6.18. The van der Waals surface area contributed by atoms with E-state index in [1.54, 1.807) is 31.2 Å². The van der Waals surface area contributed by atoms with Gasteiger partial charge in [-0.05, 0) is 67.8 Å². The van der Waals surface area contributed by atoms with Gasteiger partial charge in [-0.1, -0.05) is 35.9 Å². The Bertz CT molecular complexity index is 1150. The summed E-state index contributed by atoms with van der Waals surface area (Å²) < 4.78 is 0. The van der Waals surface area contributed by atoms with Gasteiger partial charge in [-0.2, -0.15) is 5.10 Å². The molecule has 0 bridgehead atoms. The number of anilines is 1. The number of aryl methyl sites for hydroxylation is 2. The molecule has 0 heterocycles. The molecule has 0 aromatic heterocycles. The summed E-state index contributed by atoms with van der Waals surface area (Å²) in [5, 5.41) is 25.8. The number of hydrazone groups is 1. The second kappa shape index (κ2) is 10.3.